The molecule has 0 saturated heterocycles. The van der Waals surface area contributed by atoms with Crippen LogP contribution in [0.25, 0.3) is 11.1 Å². The van der Waals surface area contributed by atoms with Crippen LogP contribution >= 0.6 is 11.3 Å². The second-order valence-electron chi connectivity index (χ2n) is 7.39. The molecule has 0 spiro atoms. The van der Waals surface area contributed by atoms with Gasteiger partial charge in [0.1, 0.15) is 0 Å². The average molecular weight is 409 g/mol. The van der Waals surface area contributed by atoms with Crippen LogP contribution in [0.5, 0.6) is 0 Å². The number of rotatable bonds is 6. The zero-order chi connectivity index (χ0) is 20.4. The number of likely N-dealkylation sites (N-methyl/N-ethyl adjacent to an activating group) is 1. The molecule has 4 rings (SSSR count). The monoisotopic (exact) mass is 408 g/mol. The Bertz CT molecular complexity index is 1020. The number of nitrogens with two attached hydrogens (primary N) is 1. The SMILES string of the molecule is Cc1nc2c(s1)CN(c1ncc(-c3cccc(CN(C)CC(N)=O)c3)cn1)CC2. The van der Waals surface area contributed by atoms with Gasteiger partial charge < -0.3 is 10.6 Å². The molecule has 2 N–H and O–H groups in total. The smallest absolute Gasteiger partial charge is 0.231 e. The number of hydrogen-bond acceptors (Lipinski definition) is 7. The van der Waals surface area contributed by atoms with E-state index in [0.29, 0.717) is 6.54 Å². The Morgan fingerprint density at radius 1 is 1.28 bits per heavy atom. The number of hydrogen-bond donors (Lipinski definition) is 1. The quantitative estimate of drug-likeness (QED) is 0.674. The van der Waals surface area contributed by atoms with E-state index in [2.05, 4.69) is 32.8 Å². The molecule has 7 nitrogen and oxygen atoms in total. The molecule has 150 valence electrons. The van der Waals surface area contributed by atoms with Gasteiger partial charge in [0.2, 0.25) is 11.9 Å². The molecule has 2 aromatic heterocycles. The van der Waals surface area contributed by atoms with E-state index in [1.807, 2.05) is 42.5 Å². The Morgan fingerprint density at radius 2 is 2.07 bits per heavy atom. The summed E-state index contributed by atoms with van der Waals surface area (Å²) in [5.74, 6) is 0.425. The van der Waals surface area contributed by atoms with Gasteiger partial charge in [-0.3, -0.25) is 9.69 Å². The number of amides is 1. The van der Waals surface area contributed by atoms with E-state index in [0.717, 1.165) is 47.2 Å². The van der Waals surface area contributed by atoms with Crippen LogP contribution in [0.3, 0.4) is 0 Å². The molecular formula is C21H24N6OS. The molecular weight excluding hydrogens is 384 g/mol. The number of carbonyl (C=O) groups is 1. The molecule has 0 fully saturated rings. The summed E-state index contributed by atoms with van der Waals surface area (Å²) in [6, 6.07) is 8.19. The highest BCUT2D eigenvalue weighted by atomic mass is 32.1. The molecule has 0 bridgehead atoms. The topological polar surface area (TPSA) is 88.2 Å². The lowest BCUT2D eigenvalue weighted by atomic mass is 10.1. The largest absolute Gasteiger partial charge is 0.369 e. The Balaban J connectivity index is 1.47. The van der Waals surface area contributed by atoms with Crippen LogP contribution < -0.4 is 10.6 Å². The first-order valence-corrected chi connectivity index (χ1v) is 10.4. The van der Waals surface area contributed by atoms with Crippen molar-refractivity contribution in [2.45, 2.75) is 26.4 Å². The zero-order valence-electron chi connectivity index (χ0n) is 16.6. The van der Waals surface area contributed by atoms with Gasteiger partial charge in [0.25, 0.3) is 0 Å². The summed E-state index contributed by atoms with van der Waals surface area (Å²) in [5.41, 5.74) is 9.63. The van der Waals surface area contributed by atoms with Gasteiger partial charge in [0, 0.05) is 42.3 Å². The molecule has 0 radical (unpaired) electrons. The van der Waals surface area contributed by atoms with Gasteiger partial charge in [-0.1, -0.05) is 18.2 Å². The minimum atomic E-state index is -0.328. The molecule has 29 heavy (non-hydrogen) atoms. The maximum Gasteiger partial charge on any atom is 0.231 e. The summed E-state index contributed by atoms with van der Waals surface area (Å²) in [5, 5.41) is 1.12. The highest BCUT2D eigenvalue weighted by molar-refractivity contribution is 7.11. The number of carbonyl (C=O) groups excluding carboxylic acids is 1. The van der Waals surface area contributed by atoms with Gasteiger partial charge in [-0.2, -0.15) is 0 Å². The predicted octanol–water partition coefficient (Wildman–Crippen LogP) is 2.39. The predicted molar refractivity (Wildman–Crippen MR) is 115 cm³/mol. The summed E-state index contributed by atoms with van der Waals surface area (Å²) in [7, 11) is 1.88. The third kappa shape index (κ3) is 4.60. The van der Waals surface area contributed by atoms with Crippen LogP contribution in [0.4, 0.5) is 5.95 Å². The molecule has 3 aromatic rings. The van der Waals surface area contributed by atoms with Gasteiger partial charge in [0.05, 0.1) is 23.8 Å². The number of aryl methyl sites for hydroxylation is 1. The van der Waals surface area contributed by atoms with Crippen molar-refractivity contribution in [3.05, 3.63) is 57.8 Å². The number of primary amides is 1. The second kappa shape index (κ2) is 8.26. The molecule has 0 aliphatic carbocycles. The van der Waals surface area contributed by atoms with Crippen molar-refractivity contribution in [1.29, 1.82) is 0 Å². The van der Waals surface area contributed by atoms with E-state index >= 15 is 0 Å². The second-order valence-corrected chi connectivity index (χ2v) is 8.67. The Hall–Kier alpha value is -2.84. The molecule has 8 heteroatoms. The normalized spacial score (nSPS) is 13.6. The van der Waals surface area contributed by atoms with Gasteiger partial charge in [0.15, 0.2) is 0 Å². The number of nitrogens with zero attached hydrogens (tertiary/aromatic N) is 5. The van der Waals surface area contributed by atoms with Crippen molar-refractivity contribution in [2.24, 2.45) is 5.73 Å². The Kier molecular flexibility index (Phi) is 5.55. The molecule has 0 saturated carbocycles. The Labute approximate surface area is 174 Å². The molecule has 1 aliphatic rings. The first-order chi connectivity index (χ1) is 14.0. The van der Waals surface area contributed by atoms with Gasteiger partial charge >= 0.3 is 0 Å². The van der Waals surface area contributed by atoms with E-state index in [9.17, 15) is 4.79 Å². The van der Waals surface area contributed by atoms with Crippen molar-refractivity contribution >= 4 is 23.2 Å². The van der Waals surface area contributed by atoms with Crippen molar-refractivity contribution in [2.75, 3.05) is 25.0 Å². The summed E-state index contributed by atoms with van der Waals surface area (Å²) < 4.78 is 0. The van der Waals surface area contributed by atoms with E-state index in [4.69, 9.17) is 5.73 Å². The fourth-order valence-electron chi connectivity index (χ4n) is 3.61. The molecule has 1 amide bonds. The standard InChI is InChI=1S/C21H24N6OS/c1-14-25-18-6-7-27(12-19(18)29-14)21-23-9-17(10-24-21)16-5-3-4-15(8-16)11-26(2)13-20(22)28/h3-5,8-10H,6-7,11-13H2,1-2H3,(H2,22,28). The van der Waals surface area contributed by atoms with Crippen LogP contribution in [-0.4, -0.2) is 45.9 Å². The third-order valence-electron chi connectivity index (χ3n) is 4.90. The van der Waals surface area contributed by atoms with E-state index in [-0.39, 0.29) is 12.5 Å². The lowest BCUT2D eigenvalue weighted by Crippen LogP contribution is -2.31. The minimum absolute atomic E-state index is 0.235. The lowest BCUT2D eigenvalue weighted by Gasteiger charge is -2.26. The maximum atomic E-state index is 11.1. The zero-order valence-corrected chi connectivity index (χ0v) is 17.4. The molecule has 1 aromatic carbocycles. The van der Waals surface area contributed by atoms with Crippen molar-refractivity contribution < 1.29 is 4.79 Å². The summed E-state index contributed by atoms with van der Waals surface area (Å²) in [4.78, 5) is 30.3. The molecule has 0 unspecified atom stereocenters. The first kappa shape index (κ1) is 19.5. The summed E-state index contributed by atoms with van der Waals surface area (Å²) in [6.45, 7) is 4.65. The van der Waals surface area contributed by atoms with Crippen LogP contribution in [0.2, 0.25) is 0 Å². The minimum Gasteiger partial charge on any atom is -0.369 e. The van der Waals surface area contributed by atoms with E-state index in [1.54, 1.807) is 11.3 Å². The number of anilines is 1. The third-order valence-corrected chi connectivity index (χ3v) is 5.90. The van der Waals surface area contributed by atoms with E-state index < -0.39 is 0 Å². The molecule has 3 heterocycles. The van der Waals surface area contributed by atoms with Crippen molar-refractivity contribution in [1.82, 2.24) is 19.9 Å². The maximum absolute atomic E-state index is 11.1. The highest BCUT2D eigenvalue weighted by Crippen LogP contribution is 2.27. The fraction of sp³-hybridized carbons (Fsp3) is 0.333. The fourth-order valence-corrected chi connectivity index (χ4v) is 4.61. The number of benzene rings is 1. The number of aromatic nitrogens is 3. The van der Waals surface area contributed by atoms with Crippen molar-refractivity contribution in [3.8, 4) is 11.1 Å². The van der Waals surface area contributed by atoms with Gasteiger partial charge in [-0.25, -0.2) is 15.0 Å². The number of thiazole rings is 1. The van der Waals surface area contributed by atoms with Gasteiger partial charge in [-0.05, 0) is 31.2 Å². The molecule has 1 aliphatic heterocycles. The Morgan fingerprint density at radius 3 is 2.83 bits per heavy atom. The van der Waals surface area contributed by atoms with Crippen LogP contribution in [0, 0.1) is 6.92 Å². The first-order valence-electron chi connectivity index (χ1n) is 9.56. The summed E-state index contributed by atoms with van der Waals surface area (Å²) in [6.07, 6.45) is 4.69. The van der Waals surface area contributed by atoms with Gasteiger partial charge in [-0.15, -0.1) is 11.3 Å². The molecule has 0 atom stereocenters. The summed E-state index contributed by atoms with van der Waals surface area (Å²) >= 11 is 1.76. The van der Waals surface area contributed by atoms with Crippen LogP contribution in [-0.2, 0) is 24.3 Å². The van der Waals surface area contributed by atoms with E-state index in [1.165, 1.54) is 10.6 Å². The lowest BCUT2D eigenvalue weighted by molar-refractivity contribution is -0.118. The number of fused-ring (bicyclic) bond motifs is 1. The van der Waals surface area contributed by atoms with Crippen LogP contribution in [0.1, 0.15) is 21.1 Å². The van der Waals surface area contributed by atoms with Crippen molar-refractivity contribution in [3.63, 3.8) is 0 Å². The average Bonchev–Trinajstić information content (AvgIpc) is 3.07. The van der Waals surface area contributed by atoms with Crippen LogP contribution in [0.15, 0.2) is 36.7 Å². The highest BCUT2D eigenvalue weighted by Gasteiger charge is 2.21.